The first-order valence-electron chi connectivity index (χ1n) is 5.29. The van der Waals surface area contributed by atoms with Crippen molar-refractivity contribution in [3.05, 3.63) is 0 Å². The van der Waals surface area contributed by atoms with Gasteiger partial charge < -0.3 is 10.6 Å². The van der Waals surface area contributed by atoms with E-state index in [-0.39, 0.29) is 23.9 Å². The van der Waals surface area contributed by atoms with Crippen LogP contribution in [0.25, 0.3) is 0 Å². The standard InChI is InChI=1S/C10H18N2O2/c1-3-5-7-9(13)12-8(6-4-2)10(14)11-7/h7-8H,3-6H2,1-2H3,(H,11,14)(H,12,13)/t7-,8-/m0/s1. The number of carbonyl (C=O) groups excluding carboxylic acids is 2. The first-order valence-corrected chi connectivity index (χ1v) is 5.29. The molecule has 4 heteroatoms. The average Bonchev–Trinajstić information content (AvgIpc) is 2.14. The predicted octanol–water partition coefficient (Wildman–Crippen LogP) is 0.570. The molecule has 80 valence electrons. The molecule has 0 spiro atoms. The Morgan fingerprint density at radius 1 is 0.929 bits per heavy atom. The summed E-state index contributed by atoms with van der Waals surface area (Å²) in [5.41, 5.74) is 0. The molecule has 1 fully saturated rings. The number of carbonyl (C=O) groups is 2. The fraction of sp³-hybridized carbons (Fsp3) is 0.800. The molecule has 0 unspecified atom stereocenters. The Morgan fingerprint density at radius 3 is 1.57 bits per heavy atom. The van der Waals surface area contributed by atoms with Crippen molar-refractivity contribution in [2.45, 2.75) is 51.6 Å². The number of rotatable bonds is 4. The molecule has 1 aliphatic rings. The molecule has 2 atom stereocenters. The van der Waals surface area contributed by atoms with E-state index in [9.17, 15) is 9.59 Å². The highest BCUT2D eigenvalue weighted by Crippen LogP contribution is 2.07. The third-order valence-electron chi connectivity index (χ3n) is 2.42. The van der Waals surface area contributed by atoms with Crippen LogP contribution in [0.5, 0.6) is 0 Å². The molecular formula is C10H18N2O2. The van der Waals surface area contributed by atoms with Crippen molar-refractivity contribution < 1.29 is 9.59 Å². The van der Waals surface area contributed by atoms with Crippen LogP contribution in [0.15, 0.2) is 0 Å². The summed E-state index contributed by atoms with van der Waals surface area (Å²) in [4.78, 5) is 23.0. The van der Waals surface area contributed by atoms with Crippen molar-refractivity contribution in [1.29, 1.82) is 0 Å². The minimum atomic E-state index is -0.319. The second-order valence-corrected chi connectivity index (χ2v) is 3.70. The summed E-state index contributed by atoms with van der Waals surface area (Å²) in [5.74, 6) is -0.0743. The minimum Gasteiger partial charge on any atom is -0.343 e. The minimum absolute atomic E-state index is 0.0371. The molecule has 0 aromatic carbocycles. The fourth-order valence-electron chi connectivity index (χ4n) is 1.66. The zero-order valence-electron chi connectivity index (χ0n) is 8.80. The molecule has 4 nitrogen and oxygen atoms in total. The monoisotopic (exact) mass is 198 g/mol. The molecular weight excluding hydrogens is 180 g/mol. The summed E-state index contributed by atoms with van der Waals surface area (Å²) in [6, 6.07) is -0.638. The molecule has 2 N–H and O–H groups in total. The van der Waals surface area contributed by atoms with E-state index in [0.717, 1.165) is 25.7 Å². The third kappa shape index (κ3) is 2.47. The summed E-state index contributed by atoms with van der Waals surface area (Å²) in [5, 5.41) is 5.50. The normalized spacial score (nSPS) is 27.0. The van der Waals surface area contributed by atoms with Crippen LogP contribution >= 0.6 is 0 Å². The molecule has 0 bridgehead atoms. The topological polar surface area (TPSA) is 58.2 Å². The van der Waals surface area contributed by atoms with Crippen molar-refractivity contribution in [2.24, 2.45) is 0 Å². The van der Waals surface area contributed by atoms with Crippen LogP contribution in [0, 0.1) is 0 Å². The van der Waals surface area contributed by atoms with Gasteiger partial charge in [0, 0.05) is 0 Å². The van der Waals surface area contributed by atoms with E-state index in [1.165, 1.54) is 0 Å². The number of hydrogen-bond donors (Lipinski definition) is 2. The Labute approximate surface area is 84.4 Å². The lowest BCUT2D eigenvalue weighted by molar-refractivity contribution is -0.137. The molecule has 0 aromatic heterocycles. The maximum absolute atomic E-state index is 11.5. The van der Waals surface area contributed by atoms with Gasteiger partial charge in [-0.1, -0.05) is 26.7 Å². The van der Waals surface area contributed by atoms with Crippen LogP contribution in [0.4, 0.5) is 0 Å². The molecule has 0 radical (unpaired) electrons. The molecule has 1 rings (SSSR count). The zero-order chi connectivity index (χ0) is 10.6. The van der Waals surface area contributed by atoms with Gasteiger partial charge >= 0.3 is 0 Å². The summed E-state index contributed by atoms with van der Waals surface area (Å²) in [7, 11) is 0. The second kappa shape index (κ2) is 4.98. The van der Waals surface area contributed by atoms with Gasteiger partial charge in [-0.2, -0.15) is 0 Å². The predicted molar refractivity (Wildman–Crippen MR) is 53.7 cm³/mol. The van der Waals surface area contributed by atoms with Crippen molar-refractivity contribution in [2.75, 3.05) is 0 Å². The van der Waals surface area contributed by atoms with Gasteiger partial charge in [-0.3, -0.25) is 9.59 Å². The first kappa shape index (κ1) is 11.0. The Bertz CT molecular complexity index is 204. The molecule has 0 aliphatic carbocycles. The first-order chi connectivity index (χ1) is 6.69. The Hall–Kier alpha value is -1.06. The van der Waals surface area contributed by atoms with Crippen molar-refractivity contribution >= 4 is 11.8 Å². The van der Waals surface area contributed by atoms with Gasteiger partial charge in [-0.15, -0.1) is 0 Å². The van der Waals surface area contributed by atoms with Crippen LogP contribution in [0.3, 0.4) is 0 Å². The molecule has 1 aliphatic heterocycles. The van der Waals surface area contributed by atoms with E-state index < -0.39 is 0 Å². The second-order valence-electron chi connectivity index (χ2n) is 3.70. The summed E-state index contributed by atoms with van der Waals surface area (Å²) >= 11 is 0. The fourth-order valence-corrected chi connectivity index (χ4v) is 1.66. The molecule has 14 heavy (non-hydrogen) atoms. The smallest absolute Gasteiger partial charge is 0.243 e. The van der Waals surface area contributed by atoms with E-state index in [4.69, 9.17) is 0 Å². The lowest BCUT2D eigenvalue weighted by Gasteiger charge is -2.29. The highest BCUT2D eigenvalue weighted by Gasteiger charge is 2.31. The van der Waals surface area contributed by atoms with Gasteiger partial charge in [-0.25, -0.2) is 0 Å². The van der Waals surface area contributed by atoms with Crippen molar-refractivity contribution in [3.8, 4) is 0 Å². The van der Waals surface area contributed by atoms with Gasteiger partial charge in [0.15, 0.2) is 0 Å². The molecule has 0 saturated carbocycles. The molecule has 0 aromatic rings. The number of amides is 2. The number of hydrogen-bond acceptors (Lipinski definition) is 2. The Kier molecular flexibility index (Phi) is 3.92. The lowest BCUT2D eigenvalue weighted by atomic mass is 10.0. The Balaban J connectivity index is 2.53. The highest BCUT2D eigenvalue weighted by molar-refractivity contribution is 5.96. The van der Waals surface area contributed by atoms with E-state index in [2.05, 4.69) is 10.6 Å². The van der Waals surface area contributed by atoms with E-state index in [1.54, 1.807) is 0 Å². The van der Waals surface area contributed by atoms with E-state index in [1.807, 2.05) is 13.8 Å². The van der Waals surface area contributed by atoms with Gasteiger partial charge in [0.1, 0.15) is 12.1 Å². The number of nitrogens with one attached hydrogen (secondary N) is 2. The Morgan fingerprint density at radius 2 is 1.29 bits per heavy atom. The largest absolute Gasteiger partial charge is 0.343 e. The van der Waals surface area contributed by atoms with E-state index >= 15 is 0 Å². The molecule has 1 heterocycles. The van der Waals surface area contributed by atoms with Crippen LogP contribution in [0.2, 0.25) is 0 Å². The third-order valence-corrected chi connectivity index (χ3v) is 2.42. The summed E-state index contributed by atoms with van der Waals surface area (Å²) in [6.45, 7) is 4.00. The lowest BCUT2D eigenvalue weighted by Crippen LogP contribution is -2.61. The van der Waals surface area contributed by atoms with Crippen LogP contribution in [-0.4, -0.2) is 23.9 Å². The summed E-state index contributed by atoms with van der Waals surface area (Å²) < 4.78 is 0. The SMILES string of the molecule is CCC[C@@H]1NC(=O)[C@H](CCC)NC1=O. The average molecular weight is 198 g/mol. The zero-order valence-corrected chi connectivity index (χ0v) is 8.80. The van der Waals surface area contributed by atoms with Crippen LogP contribution in [-0.2, 0) is 9.59 Å². The van der Waals surface area contributed by atoms with Crippen LogP contribution < -0.4 is 10.6 Å². The van der Waals surface area contributed by atoms with Crippen molar-refractivity contribution in [1.82, 2.24) is 10.6 Å². The summed E-state index contributed by atoms with van der Waals surface area (Å²) in [6.07, 6.45) is 3.24. The van der Waals surface area contributed by atoms with Crippen molar-refractivity contribution in [3.63, 3.8) is 0 Å². The highest BCUT2D eigenvalue weighted by atomic mass is 16.2. The van der Waals surface area contributed by atoms with E-state index in [0.29, 0.717) is 0 Å². The van der Waals surface area contributed by atoms with Gasteiger partial charge in [0.25, 0.3) is 0 Å². The quantitative estimate of drug-likeness (QED) is 0.694. The van der Waals surface area contributed by atoms with Crippen LogP contribution in [0.1, 0.15) is 39.5 Å². The van der Waals surface area contributed by atoms with Gasteiger partial charge in [-0.05, 0) is 12.8 Å². The maximum Gasteiger partial charge on any atom is 0.243 e. The maximum atomic E-state index is 11.5. The molecule has 1 saturated heterocycles. The van der Waals surface area contributed by atoms with Gasteiger partial charge in [0.05, 0.1) is 0 Å². The number of piperazine rings is 1. The van der Waals surface area contributed by atoms with Gasteiger partial charge in [0.2, 0.25) is 11.8 Å². The molecule has 2 amide bonds.